The van der Waals surface area contributed by atoms with E-state index in [9.17, 15) is 14.4 Å². The Morgan fingerprint density at radius 1 is 1.27 bits per heavy atom. The van der Waals surface area contributed by atoms with Crippen molar-refractivity contribution in [1.82, 2.24) is 4.90 Å². The van der Waals surface area contributed by atoms with Gasteiger partial charge >= 0.3 is 11.9 Å². The molecule has 158 valence electrons. The minimum absolute atomic E-state index is 0.0906. The topological polar surface area (TPSA) is 100 Å². The van der Waals surface area contributed by atoms with Gasteiger partial charge in [0.2, 0.25) is 5.91 Å². The largest absolute Gasteiger partial charge is 0.493 e. The Labute approximate surface area is 178 Å². The lowest BCUT2D eigenvalue weighted by molar-refractivity contribution is -0.407. The molecule has 1 N–H and O–H groups in total. The third kappa shape index (κ3) is 3.95. The van der Waals surface area contributed by atoms with Gasteiger partial charge in [-0.15, -0.1) is 16.8 Å². The predicted molar refractivity (Wildman–Crippen MR) is 115 cm³/mol. The molecule has 9 nitrogen and oxygen atoms in total. The fourth-order valence-corrected chi connectivity index (χ4v) is 4.22. The first-order valence-corrected chi connectivity index (χ1v) is 10.1. The number of hydrogen-bond donors (Lipinski definition) is 1. The van der Waals surface area contributed by atoms with Crippen molar-refractivity contribution in [3.8, 4) is 11.5 Å². The normalized spacial score (nSPS) is 18.6. The first kappa shape index (κ1) is 21.6. The van der Waals surface area contributed by atoms with Crippen LogP contribution in [0.4, 0.5) is 10.5 Å². The van der Waals surface area contributed by atoms with E-state index < -0.39 is 11.9 Å². The average molecular weight is 431 g/mol. The molecule has 0 bridgehead atoms. The van der Waals surface area contributed by atoms with E-state index in [1.54, 1.807) is 31.5 Å². The second-order valence-electron chi connectivity index (χ2n) is 6.74. The monoisotopic (exact) mass is 431 g/mol. The first-order valence-electron chi connectivity index (χ1n) is 9.10. The summed E-state index contributed by atoms with van der Waals surface area (Å²) in [5.41, 5.74) is 1.36. The molecule has 0 spiro atoms. The summed E-state index contributed by atoms with van der Waals surface area (Å²) in [6, 6.07) is 4.66. The molecule has 0 fully saturated rings. The van der Waals surface area contributed by atoms with Crippen molar-refractivity contribution in [2.75, 3.05) is 39.4 Å². The van der Waals surface area contributed by atoms with Crippen LogP contribution in [0.5, 0.6) is 11.5 Å². The number of nitrogens with zero attached hydrogens (tertiary/aromatic N) is 3. The Bertz CT molecular complexity index is 1010. The van der Waals surface area contributed by atoms with Crippen LogP contribution in [0.1, 0.15) is 6.92 Å². The molecule has 0 aromatic heterocycles. The Balaban J connectivity index is 1.75. The molecule has 0 radical (unpaired) electrons. The fourth-order valence-electron chi connectivity index (χ4n) is 3.21. The van der Waals surface area contributed by atoms with Gasteiger partial charge in [-0.3, -0.25) is 9.59 Å². The maximum atomic E-state index is 12.7. The summed E-state index contributed by atoms with van der Waals surface area (Å²) in [6.45, 7) is 1.83. The number of benzene rings is 1. The molecule has 0 aliphatic carbocycles. The van der Waals surface area contributed by atoms with Crippen molar-refractivity contribution in [2.45, 2.75) is 6.92 Å². The van der Waals surface area contributed by atoms with Gasteiger partial charge in [0.25, 0.3) is 5.84 Å². The Hall–Kier alpha value is -3.14. The smallest absolute Gasteiger partial charge is 0.445 e. The summed E-state index contributed by atoms with van der Waals surface area (Å²) in [6.07, 6.45) is 1.61. The average Bonchev–Trinajstić information content (AvgIpc) is 2.74. The summed E-state index contributed by atoms with van der Waals surface area (Å²) in [5.74, 6) is 0.247. The highest BCUT2D eigenvalue weighted by atomic mass is 32.2. The third-order valence-corrected chi connectivity index (χ3v) is 6.10. The van der Waals surface area contributed by atoms with Crippen molar-refractivity contribution in [1.29, 1.82) is 0 Å². The number of carbonyl (C=O) groups excluding carboxylic acids is 3. The number of amidine groups is 1. The van der Waals surface area contributed by atoms with Crippen LogP contribution in [0.25, 0.3) is 0 Å². The summed E-state index contributed by atoms with van der Waals surface area (Å²) in [7, 11) is 6.08. The number of fused-ring (bicyclic) bond motifs is 1. The number of carbonyl (C=O) groups is 3. The van der Waals surface area contributed by atoms with Gasteiger partial charge < -0.3 is 14.8 Å². The molecule has 1 aromatic rings. The predicted octanol–water partition coefficient (Wildman–Crippen LogP) is 1.98. The van der Waals surface area contributed by atoms with Gasteiger partial charge in [0.15, 0.2) is 17.4 Å². The minimum atomic E-state index is -0.693. The van der Waals surface area contributed by atoms with Crippen LogP contribution >= 0.6 is 11.8 Å². The number of rotatable bonds is 6. The van der Waals surface area contributed by atoms with Gasteiger partial charge in [0.05, 0.1) is 34.1 Å². The van der Waals surface area contributed by atoms with Crippen molar-refractivity contribution in [2.24, 2.45) is 10.9 Å². The number of hydrogen-bond acceptors (Lipinski definition) is 7. The number of ether oxygens (including phenoxy) is 2. The van der Waals surface area contributed by atoms with Crippen molar-refractivity contribution < 1.29 is 28.4 Å². The maximum absolute atomic E-state index is 12.7. The maximum Gasteiger partial charge on any atom is 0.445 e. The third-order valence-electron chi connectivity index (χ3n) is 4.82. The SMILES string of the molecule is COc1ccc(NC(=O)CSC2=C(C)C=NC3=[N+](C)C(=O)N(C)C(=O)C23)cc1OC. The Kier molecular flexibility index (Phi) is 6.25. The Morgan fingerprint density at radius 2 is 1.97 bits per heavy atom. The summed E-state index contributed by atoms with van der Waals surface area (Å²) < 4.78 is 11.8. The first-order chi connectivity index (χ1) is 14.3. The van der Waals surface area contributed by atoms with E-state index in [-0.39, 0.29) is 17.6 Å². The van der Waals surface area contributed by atoms with Crippen molar-refractivity contribution in [3.63, 3.8) is 0 Å². The van der Waals surface area contributed by atoms with E-state index in [0.717, 1.165) is 10.5 Å². The number of thioether (sulfide) groups is 1. The summed E-state index contributed by atoms with van der Waals surface area (Å²) in [4.78, 5) is 43.5. The van der Waals surface area contributed by atoms with Crippen LogP contribution < -0.4 is 14.8 Å². The van der Waals surface area contributed by atoms with E-state index in [0.29, 0.717) is 27.9 Å². The van der Waals surface area contributed by atoms with Gasteiger partial charge in [-0.05, 0) is 24.6 Å². The second-order valence-corrected chi connectivity index (χ2v) is 7.76. The zero-order valence-electron chi connectivity index (χ0n) is 17.4. The van der Waals surface area contributed by atoms with Crippen LogP contribution in [0, 0.1) is 5.92 Å². The van der Waals surface area contributed by atoms with E-state index in [4.69, 9.17) is 9.47 Å². The van der Waals surface area contributed by atoms with E-state index >= 15 is 0 Å². The molecule has 1 unspecified atom stereocenters. The molecule has 30 heavy (non-hydrogen) atoms. The molecule has 10 heteroatoms. The standard InChI is InChI=1S/C20H22N4O5S/c1-11-9-21-18-16(19(26)24(3)20(27)23(18)2)17(11)30-10-15(25)22-12-6-7-13(28-4)14(8-12)29-5/h6-9,16H,10H2,1-5H3/p+1. The van der Waals surface area contributed by atoms with E-state index in [1.807, 2.05) is 6.92 Å². The van der Waals surface area contributed by atoms with Crippen molar-refractivity contribution >= 4 is 47.3 Å². The molecule has 1 aromatic carbocycles. The number of anilines is 1. The molecule has 2 aliphatic heterocycles. The van der Waals surface area contributed by atoms with Gasteiger partial charge in [0.1, 0.15) is 6.21 Å². The van der Waals surface area contributed by atoms with Gasteiger partial charge in [-0.2, -0.15) is 9.48 Å². The van der Waals surface area contributed by atoms with E-state index in [2.05, 4.69) is 10.3 Å². The summed E-state index contributed by atoms with van der Waals surface area (Å²) in [5, 5.41) is 2.81. The Morgan fingerprint density at radius 3 is 2.63 bits per heavy atom. The van der Waals surface area contributed by atoms with Crippen LogP contribution in [-0.4, -0.2) is 73.4 Å². The molecule has 2 heterocycles. The summed E-state index contributed by atoms with van der Waals surface area (Å²) >= 11 is 1.26. The van der Waals surface area contributed by atoms with Crippen LogP contribution in [0.2, 0.25) is 0 Å². The number of nitrogens with one attached hydrogen (secondary N) is 1. The highest BCUT2D eigenvalue weighted by Gasteiger charge is 2.47. The highest BCUT2D eigenvalue weighted by Crippen LogP contribution is 2.35. The number of aliphatic imine (C=N–C) groups is 1. The molecule has 3 rings (SSSR count). The quantitative estimate of drug-likeness (QED) is 0.692. The fraction of sp³-hybridized carbons (Fsp3) is 0.350. The molecule has 4 amide bonds. The number of amides is 4. The lowest BCUT2D eigenvalue weighted by atomic mass is 9.99. The van der Waals surface area contributed by atoms with Crippen LogP contribution in [0.15, 0.2) is 33.7 Å². The van der Waals surface area contributed by atoms with Gasteiger partial charge in [0, 0.05) is 16.7 Å². The molecule has 1 atom stereocenters. The lowest BCUT2D eigenvalue weighted by Gasteiger charge is -2.27. The molecule has 0 saturated heterocycles. The zero-order valence-corrected chi connectivity index (χ0v) is 18.2. The van der Waals surface area contributed by atoms with E-state index in [1.165, 1.54) is 37.6 Å². The number of imide groups is 1. The number of allylic oxidation sites excluding steroid dienone is 1. The number of methoxy groups -OCH3 is 2. The molecule has 2 aliphatic rings. The zero-order chi connectivity index (χ0) is 22.0. The lowest BCUT2D eigenvalue weighted by Crippen LogP contribution is -2.52. The molecule has 0 saturated carbocycles. The molecular weight excluding hydrogens is 408 g/mol. The minimum Gasteiger partial charge on any atom is -0.493 e. The second kappa shape index (κ2) is 8.70. The number of urea groups is 1. The van der Waals surface area contributed by atoms with Gasteiger partial charge in [-0.25, -0.2) is 4.79 Å². The highest BCUT2D eigenvalue weighted by molar-refractivity contribution is 8.03. The van der Waals surface area contributed by atoms with Crippen LogP contribution in [0.3, 0.4) is 0 Å². The van der Waals surface area contributed by atoms with Crippen molar-refractivity contribution in [3.05, 3.63) is 28.7 Å². The van der Waals surface area contributed by atoms with Crippen LogP contribution in [-0.2, 0) is 9.59 Å². The molecular formula is C20H23N4O5S+. The number of dihydropyridines is 1. The van der Waals surface area contributed by atoms with Gasteiger partial charge in [-0.1, -0.05) is 0 Å².